The van der Waals surface area contributed by atoms with Gasteiger partial charge in [0.05, 0.1) is 40.0 Å². The molecule has 1 aromatic carbocycles. The van der Waals surface area contributed by atoms with Crippen LogP contribution in [0.15, 0.2) is 81.4 Å². The van der Waals surface area contributed by atoms with Crippen molar-refractivity contribution in [2.45, 2.75) is 37.1 Å². The third-order valence-corrected chi connectivity index (χ3v) is 8.34. The van der Waals surface area contributed by atoms with E-state index in [2.05, 4.69) is 30.9 Å². The van der Waals surface area contributed by atoms with Crippen molar-refractivity contribution in [2.75, 3.05) is 13.7 Å². The van der Waals surface area contributed by atoms with E-state index in [0.29, 0.717) is 52.5 Å². The Bertz CT molecular complexity index is 1900. The number of aromatic nitrogens is 3. The zero-order valence-corrected chi connectivity index (χ0v) is 25.0. The van der Waals surface area contributed by atoms with Gasteiger partial charge in [-0.05, 0) is 78.3 Å². The number of carbonyl (C=O) groups excluding carboxylic acids is 1. The summed E-state index contributed by atoms with van der Waals surface area (Å²) in [6.45, 7) is 5.38. The molecular formula is C27H23BrN4O6S2. The van der Waals surface area contributed by atoms with E-state index in [0.717, 1.165) is 11.8 Å². The van der Waals surface area contributed by atoms with Crippen LogP contribution in [0.1, 0.15) is 36.9 Å². The molecule has 13 heteroatoms. The molecule has 4 aromatic rings. The summed E-state index contributed by atoms with van der Waals surface area (Å²) in [5.41, 5.74) is 1.46. The Labute approximate surface area is 244 Å². The van der Waals surface area contributed by atoms with Crippen LogP contribution in [-0.4, -0.2) is 34.2 Å². The van der Waals surface area contributed by atoms with Crippen LogP contribution in [-0.2, 0) is 9.53 Å². The van der Waals surface area contributed by atoms with Crippen molar-refractivity contribution in [1.82, 2.24) is 14.5 Å². The van der Waals surface area contributed by atoms with Crippen LogP contribution >= 0.6 is 39.0 Å². The van der Waals surface area contributed by atoms with E-state index >= 15 is 0 Å². The molecule has 0 saturated carbocycles. The van der Waals surface area contributed by atoms with E-state index in [4.69, 9.17) is 13.9 Å². The highest BCUT2D eigenvalue weighted by Gasteiger charge is 2.33. The van der Waals surface area contributed by atoms with Crippen LogP contribution in [0.3, 0.4) is 0 Å². The van der Waals surface area contributed by atoms with Crippen molar-refractivity contribution in [3.05, 3.63) is 99.2 Å². The van der Waals surface area contributed by atoms with Gasteiger partial charge in [0.2, 0.25) is 0 Å². The highest BCUT2D eigenvalue weighted by molar-refractivity contribution is 9.10. The number of thiazole rings is 1. The number of aromatic amines is 1. The third-order valence-electron chi connectivity index (χ3n) is 5.93. The largest absolute Gasteiger partial charge is 0.496 e. The SMILES string of the molecule is CCOC(=O)C1=C(C)N=c2s/c(=C/c3ccc(Sc4nc(C)cc(=O)[nH]4)o3)c(=O)n2[C@@H]1c1ccc(OC)c(Br)c1. The minimum atomic E-state index is -0.758. The fourth-order valence-corrected chi connectivity index (χ4v) is 6.64. The number of ether oxygens (including phenoxy) is 2. The van der Waals surface area contributed by atoms with E-state index in [-0.39, 0.29) is 23.3 Å². The molecule has 0 spiro atoms. The van der Waals surface area contributed by atoms with Gasteiger partial charge in [-0.1, -0.05) is 17.4 Å². The van der Waals surface area contributed by atoms with Gasteiger partial charge in [0, 0.05) is 17.8 Å². The van der Waals surface area contributed by atoms with Crippen LogP contribution in [0.25, 0.3) is 6.08 Å². The lowest BCUT2D eigenvalue weighted by Gasteiger charge is -2.25. The molecule has 0 saturated heterocycles. The average Bonchev–Trinajstić information content (AvgIpc) is 3.45. The van der Waals surface area contributed by atoms with Gasteiger partial charge in [0.15, 0.2) is 15.1 Å². The summed E-state index contributed by atoms with van der Waals surface area (Å²) >= 11 is 5.87. The van der Waals surface area contributed by atoms with Crippen molar-refractivity contribution in [1.29, 1.82) is 0 Å². The van der Waals surface area contributed by atoms with Crippen molar-refractivity contribution in [3.63, 3.8) is 0 Å². The number of furan rings is 1. The van der Waals surface area contributed by atoms with Gasteiger partial charge in [-0.15, -0.1) is 0 Å². The van der Waals surface area contributed by atoms with E-state index < -0.39 is 12.0 Å². The van der Waals surface area contributed by atoms with Gasteiger partial charge < -0.3 is 18.9 Å². The van der Waals surface area contributed by atoms with E-state index in [1.165, 1.54) is 22.0 Å². The van der Waals surface area contributed by atoms with Gasteiger partial charge in [-0.2, -0.15) is 0 Å². The molecule has 0 radical (unpaired) electrons. The molecule has 1 aliphatic rings. The minimum Gasteiger partial charge on any atom is -0.496 e. The Morgan fingerprint density at radius 1 is 1.25 bits per heavy atom. The summed E-state index contributed by atoms with van der Waals surface area (Å²) < 4.78 is 19.2. The second kappa shape index (κ2) is 11.4. The van der Waals surface area contributed by atoms with Crippen molar-refractivity contribution >= 4 is 51.1 Å². The maximum atomic E-state index is 13.8. The van der Waals surface area contributed by atoms with Crippen LogP contribution in [0, 0.1) is 6.92 Å². The molecule has 1 N–H and O–H groups in total. The molecule has 3 aromatic heterocycles. The summed E-state index contributed by atoms with van der Waals surface area (Å²) in [5.74, 6) is 0.518. The number of allylic oxidation sites excluding steroid dienone is 1. The first kappa shape index (κ1) is 27.9. The van der Waals surface area contributed by atoms with E-state index in [1.54, 1.807) is 52.2 Å². The topological polar surface area (TPSA) is 129 Å². The normalized spacial score (nSPS) is 15.1. The molecule has 0 unspecified atom stereocenters. The smallest absolute Gasteiger partial charge is 0.338 e. The van der Waals surface area contributed by atoms with E-state index in [9.17, 15) is 14.4 Å². The van der Waals surface area contributed by atoms with Crippen molar-refractivity contribution in [3.8, 4) is 5.75 Å². The molecule has 0 aliphatic carbocycles. The van der Waals surface area contributed by atoms with Crippen molar-refractivity contribution in [2.24, 2.45) is 4.99 Å². The number of nitrogens with zero attached hydrogens (tertiary/aromatic N) is 3. The lowest BCUT2D eigenvalue weighted by atomic mass is 9.96. The maximum absolute atomic E-state index is 13.8. The highest BCUT2D eigenvalue weighted by atomic mass is 79.9. The zero-order chi connectivity index (χ0) is 28.6. The number of fused-ring (bicyclic) bond motifs is 1. The van der Waals surface area contributed by atoms with Gasteiger partial charge in [0.25, 0.3) is 11.1 Å². The molecule has 10 nitrogen and oxygen atoms in total. The van der Waals surface area contributed by atoms with Gasteiger partial charge in [-0.25, -0.2) is 14.8 Å². The standard InChI is InChI=1S/C27H23BrN4O6S2/c1-5-37-25(35)22-14(3)30-27-32(23(22)15-6-8-18(36-4)17(28)11-15)24(34)19(39-27)12-16-7-9-21(38-16)40-26-29-13(2)10-20(33)31-26/h6-12,23H,5H2,1-4H3,(H,29,31,33)/b19-12+/t23-/m1/s1. The number of benzene rings is 1. The number of rotatable bonds is 7. The number of esters is 1. The Balaban J connectivity index is 1.59. The molecule has 0 fully saturated rings. The average molecular weight is 644 g/mol. The number of H-pyrrole nitrogens is 1. The predicted octanol–water partition coefficient (Wildman–Crippen LogP) is 3.71. The second-order valence-corrected chi connectivity index (χ2v) is 11.5. The first-order chi connectivity index (χ1) is 19.2. The lowest BCUT2D eigenvalue weighted by Crippen LogP contribution is -2.39. The van der Waals surface area contributed by atoms with E-state index in [1.807, 2.05) is 12.1 Å². The first-order valence-corrected chi connectivity index (χ1v) is 14.5. The number of carbonyl (C=O) groups is 1. The molecule has 4 heterocycles. The van der Waals surface area contributed by atoms with Crippen LogP contribution in [0.2, 0.25) is 0 Å². The summed E-state index contributed by atoms with van der Waals surface area (Å²) in [7, 11) is 1.56. The Morgan fingerprint density at radius 2 is 2.05 bits per heavy atom. The maximum Gasteiger partial charge on any atom is 0.338 e. The molecule has 206 valence electrons. The number of methoxy groups -OCH3 is 1. The van der Waals surface area contributed by atoms with Gasteiger partial charge in [0.1, 0.15) is 11.5 Å². The van der Waals surface area contributed by atoms with Crippen LogP contribution < -0.4 is 25.2 Å². The molecule has 0 bridgehead atoms. The molecule has 1 aliphatic heterocycles. The van der Waals surface area contributed by atoms with Crippen LogP contribution in [0.5, 0.6) is 5.75 Å². The van der Waals surface area contributed by atoms with Crippen LogP contribution in [0.4, 0.5) is 0 Å². The second-order valence-electron chi connectivity index (χ2n) is 8.65. The fourth-order valence-electron chi connectivity index (χ4n) is 4.25. The minimum absolute atomic E-state index is 0.184. The van der Waals surface area contributed by atoms with Crippen molar-refractivity contribution < 1.29 is 18.7 Å². The summed E-state index contributed by atoms with van der Waals surface area (Å²) in [6, 6.07) is 9.50. The molecule has 40 heavy (non-hydrogen) atoms. The molecule has 1 atom stereocenters. The molecule has 5 rings (SSSR count). The first-order valence-electron chi connectivity index (χ1n) is 12.1. The van der Waals surface area contributed by atoms with Gasteiger partial charge in [-0.3, -0.25) is 14.2 Å². The van der Waals surface area contributed by atoms with Gasteiger partial charge >= 0.3 is 5.97 Å². The fraction of sp³-hybridized carbons (Fsp3) is 0.222. The number of hydrogen-bond acceptors (Lipinski definition) is 10. The molecule has 0 amide bonds. The Hall–Kier alpha value is -3.68. The predicted molar refractivity (Wildman–Crippen MR) is 154 cm³/mol. The molecular weight excluding hydrogens is 620 g/mol. The number of aryl methyl sites for hydroxylation is 1. The number of nitrogens with one attached hydrogen (secondary N) is 1. The Morgan fingerprint density at radius 3 is 2.75 bits per heavy atom. The Kier molecular flexibility index (Phi) is 7.97. The number of hydrogen-bond donors (Lipinski definition) is 1. The lowest BCUT2D eigenvalue weighted by molar-refractivity contribution is -0.139. The summed E-state index contributed by atoms with van der Waals surface area (Å²) in [5, 5.41) is 0.895. The zero-order valence-electron chi connectivity index (χ0n) is 21.8. The quantitative estimate of drug-likeness (QED) is 0.239. The highest BCUT2D eigenvalue weighted by Crippen LogP contribution is 2.35. The summed E-state index contributed by atoms with van der Waals surface area (Å²) in [4.78, 5) is 50.6. The monoisotopic (exact) mass is 642 g/mol. The summed E-state index contributed by atoms with van der Waals surface area (Å²) in [6.07, 6.45) is 1.63. The number of halogens is 1. The third kappa shape index (κ3) is 5.49.